The lowest BCUT2D eigenvalue weighted by molar-refractivity contribution is -0.137. The van der Waals surface area contributed by atoms with E-state index in [9.17, 15) is 9.59 Å². The molecular formula is C8H14N2O3S. The van der Waals surface area contributed by atoms with Gasteiger partial charge in [0.05, 0.1) is 11.9 Å². The fourth-order valence-electron chi connectivity index (χ4n) is 1.22. The van der Waals surface area contributed by atoms with Gasteiger partial charge in [0.15, 0.2) is 0 Å². The summed E-state index contributed by atoms with van der Waals surface area (Å²) in [6, 6.07) is -0.662. The molecule has 0 unspecified atom stereocenters. The molecule has 0 spiro atoms. The van der Waals surface area contributed by atoms with Gasteiger partial charge in [-0.1, -0.05) is 0 Å². The van der Waals surface area contributed by atoms with Gasteiger partial charge in [-0.15, -0.1) is 11.8 Å². The minimum absolute atomic E-state index is 0.0477. The first-order chi connectivity index (χ1) is 6.61. The van der Waals surface area contributed by atoms with Crippen LogP contribution in [0.1, 0.15) is 12.8 Å². The summed E-state index contributed by atoms with van der Waals surface area (Å²) in [5, 5.41) is 8.42. The molecule has 6 heteroatoms. The molecule has 1 atom stereocenters. The van der Waals surface area contributed by atoms with Gasteiger partial charge in [-0.2, -0.15) is 0 Å². The number of carboxylic acids is 1. The third kappa shape index (κ3) is 3.19. The highest BCUT2D eigenvalue weighted by Crippen LogP contribution is 2.14. The number of amides is 1. The van der Waals surface area contributed by atoms with Crippen molar-refractivity contribution >= 4 is 23.6 Å². The molecule has 1 rings (SSSR count). The van der Waals surface area contributed by atoms with Crippen LogP contribution in [0.2, 0.25) is 0 Å². The van der Waals surface area contributed by atoms with E-state index in [1.165, 1.54) is 0 Å². The van der Waals surface area contributed by atoms with Crippen LogP contribution in [0.15, 0.2) is 0 Å². The quantitative estimate of drug-likeness (QED) is 0.677. The molecule has 0 saturated carbocycles. The Labute approximate surface area is 86.6 Å². The van der Waals surface area contributed by atoms with Gasteiger partial charge in [-0.3, -0.25) is 9.59 Å². The zero-order valence-electron chi connectivity index (χ0n) is 7.81. The molecule has 0 bridgehead atoms. The number of aliphatic carboxylic acids is 1. The number of thioether (sulfide) groups is 1. The summed E-state index contributed by atoms with van der Waals surface area (Å²) in [6.45, 7) is 0.726. The Morgan fingerprint density at radius 3 is 2.79 bits per heavy atom. The number of carbonyl (C=O) groups is 2. The Balaban J connectivity index is 2.31. The number of carbonyl (C=O) groups excluding carboxylic acids is 1. The van der Waals surface area contributed by atoms with Crippen LogP contribution in [-0.4, -0.2) is 46.1 Å². The summed E-state index contributed by atoms with van der Waals surface area (Å²) in [5.41, 5.74) is 5.58. The molecular weight excluding hydrogens is 204 g/mol. The van der Waals surface area contributed by atoms with Crippen molar-refractivity contribution in [2.24, 2.45) is 5.73 Å². The topological polar surface area (TPSA) is 83.6 Å². The van der Waals surface area contributed by atoms with Crippen molar-refractivity contribution in [1.29, 1.82) is 0 Å². The van der Waals surface area contributed by atoms with E-state index in [0.29, 0.717) is 5.88 Å². The van der Waals surface area contributed by atoms with E-state index in [2.05, 4.69) is 0 Å². The summed E-state index contributed by atoms with van der Waals surface area (Å²) in [6.07, 6.45) is 0.170. The zero-order valence-corrected chi connectivity index (χ0v) is 8.63. The number of nitrogens with zero attached hydrogens (tertiary/aromatic N) is 1. The van der Waals surface area contributed by atoms with Gasteiger partial charge >= 0.3 is 5.97 Å². The minimum atomic E-state index is -0.913. The lowest BCUT2D eigenvalue weighted by Gasteiger charge is -2.18. The molecule has 5 nitrogen and oxygen atoms in total. The summed E-state index contributed by atoms with van der Waals surface area (Å²) in [4.78, 5) is 23.5. The smallest absolute Gasteiger partial charge is 0.303 e. The number of carboxylic acid groups (broad SMARTS) is 1. The summed E-state index contributed by atoms with van der Waals surface area (Å²) in [7, 11) is 0. The van der Waals surface area contributed by atoms with E-state index in [1.54, 1.807) is 16.7 Å². The summed E-state index contributed by atoms with van der Waals surface area (Å²) in [5.74, 6) is 0.581. The predicted molar refractivity (Wildman–Crippen MR) is 53.9 cm³/mol. The number of nitrogens with two attached hydrogens (primary N) is 1. The average Bonchev–Trinajstić information content (AvgIpc) is 2.65. The monoisotopic (exact) mass is 218 g/mol. The molecule has 0 aromatic heterocycles. The molecule has 1 fully saturated rings. The van der Waals surface area contributed by atoms with Crippen LogP contribution in [0.4, 0.5) is 0 Å². The van der Waals surface area contributed by atoms with Gasteiger partial charge in [-0.05, 0) is 6.42 Å². The normalized spacial score (nSPS) is 18.2. The molecule has 80 valence electrons. The lowest BCUT2D eigenvalue weighted by atomic mass is 10.1. The molecule has 3 N–H and O–H groups in total. The fourth-order valence-corrected chi connectivity index (χ4v) is 2.18. The second kappa shape index (κ2) is 5.21. The molecule has 1 aliphatic rings. The second-order valence-electron chi connectivity index (χ2n) is 3.18. The van der Waals surface area contributed by atoms with Crippen LogP contribution >= 0.6 is 11.8 Å². The maximum atomic E-state index is 11.6. The summed E-state index contributed by atoms with van der Waals surface area (Å²) < 4.78 is 0. The Morgan fingerprint density at radius 1 is 1.57 bits per heavy atom. The van der Waals surface area contributed by atoms with E-state index in [-0.39, 0.29) is 18.7 Å². The van der Waals surface area contributed by atoms with Crippen LogP contribution in [-0.2, 0) is 9.59 Å². The first-order valence-corrected chi connectivity index (χ1v) is 5.60. The van der Waals surface area contributed by atoms with Gasteiger partial charge < -0.3 is 15.7 Å². The molecule has 1 aliphatic heterocycles. The van der Waals surface area contributed by atoms with Crippen LogP contribution in [0.5, 0.6) is 0 Å². The largest absolute Gasteiger partial charge is 0.481 e. The van der Waals surface area contributed by atoms with Crippen LogP contribution in [0.3, 0.4) is 0 Å². The fraction of sp³-hybridized carbons (Fsp3) is 0.750. The molecule has 1 heterocycles. The van der Waals surface area contributed by atoms with Crippen molar-refractivity contribution in [2.75, 3.05) is 18.2 Å². The van der Waals surface area contributed by atoms with Gasteiger partial charge in [0.2, 0.25) is 5.91 Å². The predicted octanol–water partition coefficient (Wildman–Crippen LogP) is -0.289. The number of hydrogen-bond acceptors (Lipinski definition) is 4. The molecule has 0 radical (unpaired) electrons. The SMILES string of the molecule is N[C@@H](CCC(=O)O)C(=O)N1CCSC1. The van der Waals surface area contributed by atoms with E-state index in [4.69, 9.17) is 10.8 Å². The molecule has 0 aromatic rings. The standard InChI is InChI=1S/C8H14N2O3S/c9-6(1-2-7(11)12)8(13)10-3-4-14-5-10/h6H,1-5,9H2,(H,11,12)/t6-/m0/s1. The van der Waals surface area contributed by atoms with Crippen molar-refractivity contribution in [3.63, 3.8) is 0 Å². The minimum Gasteiger partial charge on any atom is -0.481 e. The van der Waals surface area contributed by atoms with Crippen LogP contribution in [0.25, 0.3) is 0 Å². The maximum Gasteiger partial charge on any atom is 0.303 e. The highest BCUT2D eigenvalue weighted by molar-refractivity contribution is 7.99. The zero-order chi connectivity index (χ0) is 10.6. The molecule has 1 amide bonds. The maximum absolute atomic E-state index is 11.6. The van der Waals surface area contributed by atoms with Gasteiger partial charge in [0.25, 0.3) is 0 Å². The Bertz CT molecular complexity index is 229. The van der Waals surface area contributed by atoms with Crippen molar-refractivity contribution < 1.29 is 14.7 Å². The van der Waals surface area contributed by atoms with E-state index >= 15 is 0 Å². The van der Waals surface area contributed by atoms with Crippen molar-refractivity contribution in [3.8, 4) is 0 Å². The lowest BCUT2D eigenvalue weighted by Crippen LogP contribution is -2.42. The average molecular weight is 218 g/mol. The van der Waals surface area contributed by atoms with Crippen LogP contribution < -0.4 is 5.73 Å². The molecule has 0 aliphatic carbocycles. The highest BCUT2D eigenvalue weighted by atomic mass is 32.2. The highest BCUT2D eigenvalue weighted by Gasteiger charge is 2.23. The first-order valence-electron chi connectivity index (χ1n) is 4.45. The molecule has 14 heavy (non-hydrogen) atoms. The molecule has 0 aromatic carbocycles. The second-order valence-corrected chi connectivity index (χ2v) is 4.25. The van der Waals surface area contributed by atoms with Gasteiger partial charge in [0, 0.05) is 18.7 Å². The first kappa shape index (κ1) is 11.3. The van der Waals surface area contributed by atoms with Gasteiger partial charge in [0.1, 0.15) is 0 Å². The van der Waals surface area contributed by atoms with Crippen molar-refractivity contribution in [2.45, 2.75) is 18.9 Å². The van der Waals surface area contributed by atoms with Crippen molar-refractivity contribution in [3.05, 3.63) is 0 Å². The van der Waals surface area contributed by atoms with E-state index in [1.807, 2.05) is 0 Å². The third-order valence-corrected chi connectivity index (χ3v) is 3.02. The number of rotatable bonds is 4. The third-order valence-electron chi connectivity index (χ3n) is 2.05. The van der Waals surface area contributed by atoms with Gasteiger partial charge in [-0.25, -0.2) is 0 Å². The van der Waals surface area contributed by atoms with E-state index < -0.39 is 12.0 Å². The summed E-state index contributed by atoms with van der Waals surface area (Å²) >= 11 is 1.69. The van der Waals surface area contributed by atoms with Crippen LogP contribution in [0, 0.1) is 0 Å². The Kier molecular flexibility index (Phi) is 4.21. The van der Waals surface area contributed by atoms with Crippen molar-refractivity contribution in [1.82, 2.24) is 4.90 Å². The Hall–Kier alpha value is -0.750. The number of hydrogen-bond donors (Lipinski definition) is 2. The Morgan fingerprint density at radius 2 is 2.29 bits per heavy atom. The van der Waals surface area contributed by atoms with E-state index in [0.717, 1.165) is 12.3 Å². The molecule has 1 saturated heterocycles.